The van der Waals surface area contributed by atoms with Crippen molar-refractivity contribution < 1.29 is 4.79 Å². The number of nitrogen functional groups attached to an aromatic ring is 1. The molecule has 6 rings (SSSR count). The van der Waals surface area contributed by atoms with Gasteiger partial charge in [-0.2, -0.15) is 5.10 Å². The van der Waals surface area contributed by atoms with Crippen LogP contribution < -0.4 is 11.5 Å². The second-order valence-corrected chi connectivity index (χ2v) is 8.88. The summed E-state index contributed by atoms with van der Waals surface area (Å²) in [7, 11) is 1.89. The van der Waals surface area contributed by atoms with Crippen molar-refractivity contribution in [2.24, 2.45) is 12.8 Å². The summed E-state index contributed by atoms with van der Waals surface area (Å²) in [5.41, 5.74) is 17.9. The van der Waals surface area contributed by atoms with Crippen LogP contribution in [0.15, 0.2) is 91.4 Å². The molecule has 0 saturated carbocycles. The van der Waals surface area contributed by atoms with E-state index >= 15 is 0 Å². The Hall–Kier alpha value is -5.42. The summed E-state index contributed by atoms with van der Waals surface area (Å²) in [6.45, 7) is 2.15. The van der Waals surface area contributed by atoms with Crippen molar-refractivity contribution >= 4 is 28.1 Å². The Morgan fingerprint density at radius 3 is 2.51 bits per heavy atom. The summed E-state index contributed by atoms with van der Waals surface area (Å²) < 4.78 is 3.28. The zero-order chi connectivity index (χ0) is 27.4. The number of pyridine rings is 2. The van der Waals surface area contributed by atoms with Crippen molar-refractivity contribution in [3.05, 3.63) is 114 Å². The average molecular weight is 514 g/mol. The topological polar surface area (TPSA) is 117 Å². The zero-order valence-corrected chi connectivity index (χ0v) is 21.7. The molecule has 6 aromatic rings. The standard InChI is InChI=1S/C23H19N3.C8H8N4O/c1-3-22-20(18-8-5-4-6-9-18)14-21-19(10-7-11-23(21)25-22)13-12-17-15-24-26(2)16-17;9-7-6(8(10)13)5-3-1-2-4-12(5)11-7/h4-11,14-16H,3H2,1-2H3;1-4H,(H2,9,11)(H2,10,13). The highest BCUT2D eigenvalue weighted by Gasteiger charge is 2.14. The maximum atomic E-state index is 11.0. The third-order valence-corrected chi connectivity index (χ3v) is 6.22. The number of amides is 1. The average Bonchev–Trinajstić information content (AvgIpc) is 3.53. The lowest BCUT2D eigenvalue weighted by molar-refractivity contribution is 0.100. The molecule has 8 nitrogen and oxygen atoms in total. The first-order valence-corrected chi connectivity index (χ1v) is 12.5. The van der Waals surface area contributed by atoms with Crippen molar-refractivity contribution in [3.63, 3.8) is 0 Å². The van der Waals surface area contributed by atoms with E-state index in [0.717, 1.165) is 34.1 Å². The normalized spacial score (nSPS) is 10.5. The third kappa shape index (κ3) is 5.33. The molecule has 0 bridgehead atoms. The first kappa shape index (κ1) is 25.2. The van der Waals surface area contributed by atoms with Gasteiger partial charge in [0.1, 0.15) is 5.56 Å². The van der Waals surface area contributed by atoms with Gasteiger partial charge in [0.15, 0.2) is 5.82 Å². The Morgan fingerprint density at radius 2 is 1.79 bits per heavy atom. The SMILES string of the molecule is CCc1nc2cccc(C#Cc3cnn(C)c3)c2cc1-c1ccccc1.NC(=O)c1c(N)nn2ccccc12. The van der Waals surface area contributed by atoms with E-state index in [4.69, 9.17) is 16.5 Å². The van der Waals surface area contributed by atoms with Crippen LogP contribution in [0.4, 0.5) is 5.82 Å². The highest BCUT2D eigenvalue weighted by Crippen LogP contribution is 2.28. The summed E-state index contributed by atoms with van der Waals surface area (Å²) in [4.78, 5) is 15.9. The van der Waals surface area contributed by atoms with Crippen LogP contribution in [-0.4, -0.2) is 30.3 Å². The number of hydrogen-bond donors (Lipinski definition) is 2. The Labute approximate surface area is 225 Å². The lowest BCUT2D eigenvalue weighted by Gasteiger charge is -2.10. The first-order valence-electron chi connectivity index (χ1n) is 12.5. The highest BCUT2D eigenvalue weighted by molar-refractivity contribution is 6.04. The van der Waals surface area contributed by atoms with Crippen LogP contribution in [0.1, 0.15) is 34.1 Å². The number of benzene rings is 2. The van der Waals surface area contributed by atoms with Gasteiger partial charge in [-0.05, 0) is 42.3 Å². The van der Waals surface area contributed by atoms with Gasteiger partial charge in [-0.15, -0.1) is 5.10 Å². The molecule has 1 amide bonds. The largest absolute Gasteiger partial charge is 0.382 e. The summed E-state index contributed by atoms with van der Waals surface area (Å²) in [6.07, 6.45) is 6.30. The number of nitrogens with two attached hydrogens (primary N) is 2. The maximum Gasteiger partial charge on any atom is 0.254 e. The van der Waals surface area contributed by atoms with Crippen LogP contribution >= 0.6 is 0 Å². The molecule has 8 heteroatoms. The minimum Gasteiger partial charge on any atom is -0.382 e. The summed E-state index contributed by atoms with van der Waals surface area (Å²) in [6, 6.07) is 24.1. The molecule has 0 unspecified atom stereocenters. The van der Waals surface area contributed by atoms with Crippen LogP contribution in [0.3, 0.4) is 0 Å². The van der Waals surface area contributed by atoms with Crippen molar-refractivity contribution in [1.82, 2.24) is 24.4 Å². The van der Waals surface area contributed by atoms with Crippen LogP contribution in [0.25, 0.3) is 27.5 Å². The van der Waals surface area contributed by atoms with Gasteiger partial charge in [0.05, 0.1) is 22.8 Å². The predicted octanol–water partition coefficient (Wildman–Crippen LogP) is 4.61. The number of anilines is 1. The van der Waals surface area contributed by atoms with Crippen LogP contribution in [-0.2, 0) is 13.5 Å². The smallest absolute Gasteiger partial charge is 0.254 e. The van der Waals surface area contributed by atoms with Gasteiger partial charge in [-0.25, -0.2) is 4.52 Å². The summed E-state index contributed by atoms with van der Waals surface area (Å²) >= 11 is 0. The van der Waals surface area contributed by atoms with Crippen LogP contribution in [0.2, 0.25) is 0 Å². The minimum absolute atomic E-state index is 0.165. The lowest BCUT2D eigenvalue weighted by atomic mass is 9.98. The van der Waals surface area contributed by atoms with Crippen molar-refractivity contribution in [3.8, 4) is 23.0 Å². The molecule has 39 heavy (non-hydrogen) atoms. The number of aromatic nitrogens is 5. The monoisotopic (exact) mass is 513 g/mol. The van der Waals surface area contributed by atoms with E-state index < -0.39 is 5.91 Å². The van der Waals surface area contributed by atoms with Crippen molar-refractivity contribution in [1.29, 1.82) is 0 Å². The molecule has 0 aliphatic rings. The van der Waals surface area contributed by atoms with Gasteiger partial charge in [-0.1, -0.05) is 61.2 Å². The van der Waals surface area contributed by atoms with E-state index in [2.05, 4.69) is 65.4 Å². The number of aryl methyl sites for hydroxylation is 2. The molecule has 4 aromatic heterocycles. The number of carbonyl (C=O) groups is 1. The van der Waals surface area contributed by atoms with E-state index in [1.807, 2.05) is 31.4 Å². The Bertz CT molecular complexity index is 1860. The fourth-order valence-corrected chi connectivity index (χ4v) is 4.38. The molecule has 4 N–H and O–H groups in total. The van der Waals surface area contributed by atoms with E-state index in [0.29, 0.717) is 5.52 Å². The third-order valence-electron chi connectivity index (χ3n) is 6.22. The summed E-state index contributed by atoms with van der Waals surface area (Å²) in [5, 5.41) is 9.18. The van der Waals surface area contributed by atoms with Gasteiger partial charge in [0.25, 0.3) is 5.91 Å². The Morgan fingerprint density at radius 1 is 1.00 bits per heavy atom. The number of fused-ring (bicyclic) bond motifs is 2. The highest BCUT2D eigenvalue weighted by atomic mass is 16.1. The van der Waals surface area contributed by atoms with E-state index in [9.17, 15) is 4.79 Å². The fourth-order valence-electron chi connectivity index (χ4n) is 4.38. The molecule has 192 valence electrons. The minimum atomic E-state index is -0.557. The molecule has 0 spiro atoms. The Balaban J connectivity index is 0.000000198. The second-order valence-electron chi connectivity index (χ2n) is 8.88. The molecule has 0 fully saturated rings. The molecule has 0 atom stereocenters. The van der Waals surface area contributed by atoms with E-state index in [1.54, 1.807) is 35.3 Å². The molecular weight excluding hydrogens is 486 g/mol. The predicted molar refractivity (Wildman–Crippen MR) is 154 cm³/mol. The number of nitrogens with zero attached hydrogens (tertiary/aromatic N) is 5. The number of rotatable bonds is 3. The molecule has 0 radical (unpaired) electrons. The number of hydrogen-bond acceptors (Lipinski definition) is 5. The molecule has 0 aliphatic carbocycles. The fraction of sp³-hybridized carbons (Fsp3) is 0.0968. The maximum absolute atomic E-state index is 11.0. The van der Waals surface area contributed by atoms with Gasteiger partial charge in [0.2, 0.25) is 0 Å². The molecular formula is C31H27N7O. The Kier molecular flexibility index (Phi) is 7.06. The second kappa shape index (κ2) is 10.9. The molecule has 4 heterocycles. The molecule has 2 aromatic carbocycles. The van der Waals surface area contributed by atoms with Gasteiger partial charge < -0.3 is 11.5 Å². The van der Waals surface area contributed by atoms with Crippen molar-refractivity contribution in [2.45, 2.75) is 13.3 Å². The van der Waals surface area contributed by atoms with Gasteiger partial charge in [0, 0.05) is 41.6 Å². The molecule has 0 aliphatic heterocycles. The van der Waals surface area contributed by atoms with Gasteiger partial charge in [-0.3, -0.25) is 14.5 Å². The first-order chi connectivity index (χ1) is 18.9. The lowest BCUT2D eigenvalue weighted by Crippen LogP contribution is -2.12. The van der Waals surface area contributed by atoms with Crippen LogP contribution in [0.5, 0.6) is 0 Å². The van der Waals surface area contributed by atoms with E-state index in [1.165, 1.54) is 15.6 Å². The van der Waals surface area contributed by atoms with E-state index in [-0.39, 0.29) is 11.4 Å². The van der Waals surface area contributed by atoms with Crippen LogP contribution in [0, 0.1) is 11.8 Å². The number of carbonyl (C=O) groups excluding carboxylic acids is 1. The molecule has 0 saturated heterocycles. The number of primary amides is 1. The van der Waals surface area contributed by atoms with Gasteiger partial charge >= 0.3 is 0 Å². The zero-order valence-electron chi connectivity index (χ0n) is 21.7. The quantitative estimate of drug-likeness (QED) is 0.335. The van der Waals surface area contributed by atoms with Crippen molar-refractivity contribution in [2.75, 3.05) is 5.73 Å². The summed E-state index contributed by atoms with van der Waals surface area (Å²) in [5.74, 6) is 6.10.